The molecule has 2 heterocycles. The Kier molecular flexibility index (Phi) is 2.88. The van der Waals surface area contributed by atoms with Gasteiger partial charge in [0.2, 0.25) is 5.91 Å². The number of nitrogens with one attached hydrogen (secondary N) is 1. The van der Waals surface area contributed by atoms with Gasteiger partial charge in [0.25, 0.3) is 0 Å². The monoisotopic (exact) mass is 277 g/mol. The third-order valence-corrected chi connectivity index (χ3v) is 3.83. The van der Waals surface area contributed by atoms with Gasteiger partial charge in [0.1, 0.15) is 18.8 Å². The number of hydrogen-bond acceptors (Lipinski definition) is 5. The Hall–Kier alpha value is -2.11. The van der Waals surface area contributed by atoms with Crippen LogP contribution in [0.1, 0.15) is 13.8 Å². The molecule has 20 heavy (non-hydrogen) atoms. The minimum absolute atomic E-state index is 0.00182. The number of piperazine rings is 1. The molecule has 2 aliphatic heterocycles. The Morgan fingerprint density at radius 1 is 1.25 bits per heavy atom. The first-order chi connectivity index (χ1) is 9.50. The topological polar surface area (TPSA) is 76.8 Å². The molecule has 1 saturated heterocycles. The summed E-state index contributed by atoms with van der Waals surface area (Å²) < 4.78 is 11.1. The van der Waals surface area contributed by atoms with Gasteiger partial charge < -0.3 is 25.4 Å². The van der Waals surface area contributed by atoms with Crippen molar-refractivity contribution in [1.82, 2.24) is 5.32 Å². The lowest BCUT2D eigenvalue weighted by Gasteiger charge is -2.43. The van der Waals surface area contributed by atoms with Crippen LogP contribution >= 0.6 is 0 Å². The Balaban J connectivity index is 2.03. The van der Waals surface area contributed by atoms with Gasteiger partial charge in [-0.25, -0.2) is 0 Å². The fourth-order valence-electron chi connectivity index (χ4n) is 2.65. The number of amides is 1. The first-order valence-corrected chi connectivity index (χ1v) is 6.75. The highest BCUT2D eigenvalue weighted by Crippen LogP contribution is 2.40. The van der Waals surface area contributed by atoms with E-state index in [1.54, 1.807) is 6.07 Å². The zero-order valence-electron chi connectivity index (χ0n) is 11.7. The van der Waals surface area contributed by atoms with E-state index in [0.29, 0.717) is 43.5 Å². The van der Waals surface area contributed by atoms with E-state index in [4.69, 9.17) is 15.2 Å². The van der Waals surface area contributed by atoms with Gasteiger partial charge in [-0.1, -0.05) is 0 Å². The first-order valence-electron chi connectivity index (χ1n) is 6.75. The summed E-state index contributed by atoms with van der Waals surface area (Å²) in [6.45, 7) is 6.15. The molecule has 0 aliphatic carbocycles. The molecule has 1 aromatic carbocycles. The first kappa shape index (κ1) is 12.9. The van der Waals surface area contributed by atoms with Gasteiger partial charge in [-0.3, -0.25) is 4.79 Å². The summed E-state index contributed by atoms with van der Waals surface area (Å²) in [5.74, 6) is 1.34. The molecule has 6 nitrogen and oxygen atoms in total. The maximum Gasteiger partial charge on any atom is 0.245 e. The number of benzene rings is 1. The predicted octanol–water partition coefficient (Wildman–Crippen LogP) is 0.755. The maximum absolute atomic E-state index is 12.1. The van der Waals surface area contributed by atoms with E-state index in [1.807, 2.05) is 24.8 Å². The number of nitrogens with zero attached hydrogens (tertiary/aromatic N) is 1. The molecule has 1 amide bonds. The van der Waals surface area contributed by atoms with Gasteiger partial charge in [-0.05, 0) is 13.8 Å². The summed E-state index contributed by atoms with van der Waals surface area (Å²) in [6, 6.07) is 3.64. The molecule has 1 fully saturated rings. The number of carbonyl (C=O) groups excluding carboxylic acids is 1. The van der Waals surface area contributed by atoms with E-state index < -0.39 is 5.54 Å². The van der Waals surface area contributed by atoms with Crippen LogP contribution < -0.4 is 25.4 Å². The second kappa shape index (κ2) is 4.47. The van der Waals surface area contributed by atoms with Crippen LogP contribution in [-0.4, -0.2) is 37.7 Å². The molecule has 3 rings (SSSR count). The van der Waals surface area contributed by atoms with Crippen molar-refractivity contribution in [3.8, 4) is 11.5 Å². The van der Waals surface area contributed by atoms with Crippen molar-refractivity contribution < 1.29 is 14.3 Å². The molecule has 0 aromatic heterocycles. The minimum Gasteiger partial charge on any atom is -0.486 e. The van der Waals surface area contributed by atoms with Crippen molar-refractivity contribution in [2.75, 3.05) is 36.9 Å². The summed E-state index contributed by atoms with van der Waals surface area (Å²) in [4.78, 5) is 14.1. The summed E-state index contributed by atoms with van der Waals surface area (Å²) in [5.41, 5.74) is 6.90. The summed E-state index contributed by atoms with van der Waals surface area (Å²) in [6.07, 6.45) is 0. The summed E-state index contributed by atoms with van der Waals surface area (Å²) in [7, 11) is 0. The molecule has 0 saturated carbocycles. The number of nitrogens with two attached hydrogens (primary N) is 1. The fraction of sp³-hybridized carbons (Fsp3) is 0.500. The van der Waals surface area contributed by atoms with E-state index in [9.17, 15) is 4.79 Å². The number of rotatable bonds is 1. The van der Waals surface area contributed by atoms with Gasteiger partial charge in [0.15, 0.2) is 11.5 Å². The van der Waals surface area contributed by atoms with Crippen molar-refractivity contribution in [3.63, 3.8) is 0 Å². The lowest BCUT2D eigenvalue weighted by atomic mass is 9.97. The maximum atomic E-state index is 12.1. The highest BCUT2D eigenvalue weighted by Gasteiger charge is 2.38. The number of carbonyl (C=O) groups is 1. The third kappa shape index (κ3) is 1.92. The number of fused-ring (bicyclic) bond motifs is 1. The van der Waals surface area contributed by atoms with Gasteiger partial charge in [0, 0.05) is 25.2 Å². The van der Waals surface area contributed by atoms with E-state index in [0.717, 1.165) is 5.69 Å². The van der Waals surface area contributed by atoms with E-state index in [1.165, 1.54) is 0 Å². The van der Waals surface area contributed by atoms with Crippen LogP contribution in [0.3, 0.4) is 0 Å². The molecule has 6 heteroatoms. The zero-order valence-corrected chi connectivity index (χ0v) is 11.7. The van der Waals surface area contributed by atoms with Crippen molar-refractivity contribution in [2.45, 2.75) is 19.4 Å². The summed E-state index contributed by atoms with van der Waals surface area (Å²) >= 11 is 0. The average Bonchev–Trinajstić information content (AvgIpc) is 2.41. The lowest BCUT2D eigenvalue weighted by molar-refractivity contribution is -0.126. The van der Waals surface area contributed by atoms with Gasteiger partial charge >= 0.3 is 0 Å². The number of anilines is 2. The van der Waals surface area contributed by atoms with E-state index in [2.05, 4.69) is 5.32 Å². The highest BCUT2D eigenvalue weighted by atomic mass is 16.6. The number of nitrogen functional groups attached to an aromatic ring is 1. The SMILES string of the molecule is CC1(C)C(=O)NCCN1c1cc2c(cc1N)OCCO2. The lowest BCUT2D eigenvalue weighted by Crippen LogP contribution is -2.62. The zero-order chi connectivity index (χ0) is 14.3. The minimum atomic E-state index is -0.643. The van der Waals surface area contributed by atoms with Crippen molar-refractivity contribution in [1.29, 1.82) is 0 Å². The highest BCUT2D eigenvalue weighted by molar-refractivity contribution is 5.92. The molecule has 0 atom stereocenters. The third-order valence-electron chi connectivity index (χ3n) is 3.83. The van der Waals surface area contributed by atoms with Crippen LogP contribution in [0.15, 0.2) is 12.1 Å². The van der Waals surface area contributed by atoms with Crippen LogP contribution in [-0.2, 0) is 4.79 Å². The molecule has 108 valence electrons. The van der Waals surface area contributed by atoms with Crippen molar-refractivity contribution in [3.05, 3.63) is 12.1 Å². The average molecular weight is 277 g/mol. The van der Waals surface area contributed by atoms with Gasteiger partial charge in [-0.15, -0.1) is 0 Å². The second-order valence-electron chi connectivity index (χ2n) is 5.52. The van der Waals surface area contributed by atoms with Gasteiger partial charge in [-0.2, -0.15) is 0 Å². The second-order valence-corrected chi connectivity index (χ2v) is 5.52. The van der Waals surface area contributed by atoms with Crippen LogP contribution in [0, 0.1) is 0 Å². The predicted molar refractivity (Wildman–Crippen MR) is 76.3 cm³/mol. The standard InChI is InChI=1S/C14H19N3O3/c1-14(2)13(18)16-3-4-17(14)10-8-12-11(7-9(10)15)19-5-6-20-12/h7-8H,3-6,15H2,1-2H3,(H,16,18). The largest absolute Gasteiger partial charge is 0.486 e. The Bertz CT molecular complexity index is 557. The molecule has 1 aromatic rings. The molecule has 0 bridgehead atoms. The van der Waals surface area contributed by atoms with Crippen LogP contribution in [0.25, 0.3) is 0 Å². The fourth-order valence-corrected chi connectivity index (χ4v) is 2.65. The molecular weight excluding hydrogens is 258 g/mol. The molecule has 3 N–H and O–H groups in total. The molecule has 0 radical (unpaired) electrons. The molecular formula is C14H19N3O3. The van der Waals surface area contributed by atoms with E-state index >= 15 is 0 Å². The Labute approximate surface area is 117 Å². The normalized spacial score (nSPS) is 20.5. The van der Waals surface area contributed by atoms with E-state index in [-0.39, 0.29) is 5.91 Å². The smallest absolute Gasteiger partial charge is 0.245 e. The summed E-state index contributed by atoms with van der Waals surface area (Å²) in [5, 5.41) is 2.88. The molecule has 2 aliphatic rings. The van der Waals surface area contributed by atoms with Crippen LogP contribution in [0.5, 0.6) is 11.5 Å². The van der Waals surface area contributed by atoms with Gasteiger partial charge in [0.05, 0.1) is 11.4 Å². The Morgan fingerprint density at radius 3 is 2.60 bits per heavy atom. The number of ether oxygens (including phenoxy) is 2. The number of hydrogen-bond donors (Lipinski definition) is 2. The van der Waals surface area contributed by atoms with Crippen molar-refractivity contribution >= 4 is 17.3 Å². The van der Waals surface area contributed by atoms with Crippen LogP contribution in [0.2, 0.25) is 0 Å². The Morgan fingerprint density at radius 2 is 1.90 bits per heavy atom. The van der Waals surface area contributed by atoms with Crippen molar-refractivity contribution in [2.24, 2.45) is 0 Å². The molecule has 0 unspecified atom stereocenters. The van der Waals surface area contributed by atoms with Crippen LogP contribution in [0.4, 0.5) is 11.4 Å². The quantitative estimate of drug-likeness (QED) is 0.741. The molecule has 0 spiro atoms.